The van der Waals surface area contributed by atoms with E-state index in [1.807, 2.05) is 0 Å². The number of halogens is 3. The summed E-state index contributed by atoms with van der Waals surface area (Å²) in [7, 11) is 0. The molecule has 1 aromatic heterocycles. The van der Waals surface area contributed by atoms with Crippen LogP contribution in [0.4, 0.5) is 13.2 Å². The van der Waals surface area contributed by atoms with Crippen molar-refractivity contribution in [2.45, 2.75) is 20.0 Å². The van der Waals surface area contributed by atoms with E-state index in [4.69, 9.17) is 0 Å². The highest BCUT2D eigenvalue weighted by Crippen LogP contribution is 2.30. The normalized spacial score (nSPS) is 16.1. The SMILES string of the molecule is CCN1CCN(C(=O)c2cnn(-c3cccc(C(F)(F)F)c3)c2C)CC1. The average molecular weight is 366 g/mol. The van der Waals surface area contributed by atoms with E-state index in [2.05, 4.69) is 16.9 Å². The molecule has 0 bridgehead atoms. The first-order valence-electron chi connectivity index (χ1n) is 8.55. The van der Waals surface area contributed by atoms with Crippen molar-refractivity contribution in [3.63, 3.8) is 0 Å². The third-order valence-corrected chi connectivity index (χ3v) is 4.76. The molecular weight excluding hydrogens is 345 g/mol. The van der Waals surface area contributed by atoms with Gasteiger partial charge in [-0.2, -0.15) is 18.3 Å². The predicted octanol–water partition coefficient (Wildman–Crippen LogP) is 2.98. The van der Waals surface area contributed by atoms with Gasteiger partial charge in [0.25, 0.3) is 5.91 Å². The zero-order valence-electron chi connectivity index (χ0n) is 14.8. The fourth-order valence-corrected chi connectivity index (χ4v) is 3.13. The van der Waals surface area contributed by atoms with Gasteiger partial charge in [0.15, 0.2) is 0 Å². The van der Waals surface area contributed by atoms with Crippen LogP contribution in [0.5, 0.6) is 0 Å². The third-order valence-electron chi connectivity index (χ3n) is 4.76. The first-order chi connectivity index (χ1) is 12.3. The Kier molecular flexibility index (Phi) is 5.04. The van der Waals surface area contributed by atoms with Crippen molar-refractivity contribution in [2.24, 2.45) is 0 Å². The summed E-state index contributed by atoms with van der Waals surface area (Å²) in [5.41, 5.74) is 0.500. The van der Waals surface area contributed by atoms with Crippen molar-refractivity contribution in [3.05, 3.63) is 47.3 Å². The van der Waals surface area contributed by atoms with E-state index in [1.54, 1.807) is 17.9 Å². The van der Waals surface area contributed by atoms with Gasteiger partial charge in [-0.05, 0) is 31.7 Å². The zero-order chi connectivity index (χ0) is 18.9. The van der Waals surface area contributed by atoms with E-state index in [9.17, 15) is 18.0 Å². The largest absolute Gasteiger partial charge is 0.416 e. The van der Waals surface area contributed by atoms with Crippen LogP contribution < -0.4 is 0 Å². The monoisotopic (exact) mass is 366 g/mol. The van der Waals surface area contributed by atoms with Gasteiger partial charge in [-0.25, -0.2) is 4.68 Å². The Bertz CT molecular complexity index is 792. The summed E-state index contributed by atoms with van der Waals surface area (Å²) < 4.78 is 40.2. The van der Waals surface area contributed by atoms with Gasteiger partial charge < -0.3 is 9.80 Å². The summed E-state index contributed by atoms with van der Waals surface area (Å²) in [6.07, 6.45) is -2.99. The van der Waals surface area contributed by atoms with Crippen LogP contribution in [0.2, 0.25) is 0 Å². The first kappa shape index (κ1) is 18.4. The van der Waals surface area contributed by atoms with Gasteiger partial charge in [0, 0.05) is 26.2 Å². The number of hydrogen-bond donors (Lipinski definition) is 0. The molecule has 140 valence electrons. The van der Waals surface area contributed by atoms with E-state index >= 15 is 0 Å². The number of carbonyl (C=O) groups excluding carboxylic acids is 1. The molecule has 3 rings (SSSR count). The maximum absolute atomic E-state index is 12.9. The van der Waals surface area contributed by atoms with Gasteiger partial charge in [-0.1, -0.05) is 13.0 Å². The van der Waals surface area contributed by atoms with E-state index in [0.717, 1.165) is 31.8 Å². The molecule has 2 heterocycles. The van der Waals surface area contributed by atoms with Crippen molar-refractivity contribution in [1.82, 2.24) is 19.6 Å². The molecular formula is C18H21F3N4O. The van der Waals surface area contributed by atoms with Crippen molar-refractivity contribution in [2.75, 3.05) is 32.7 Å². The van der Waals surface area contributed by atoms with E-state index < -0.39 is 11.7 Å². The molecule has 1 aromatic carbocycles. The molecule has 1 fully saturated rings. The van der Waals surface area contributed by atoms with Crippen LogP contribution in [-0.4, -0.2) is 58.2 Å². The molecule has 0 radical (unpaired) electrons. The van der Waals surface area contributed by atoms with Crippen LogP contribution in [0.25, 0.3) is 5.69 Å². The zero-order valence-corrected chi connectivity index (χ0v) is 14.8. The number of piperazine rings is 1. The molecule has 0 N–H and O–H groups in total. The van der Waals surface area contributed by atoms with Gasteiger partial charge in [-0.3, -0.25) is 4.79 Å². The highest BCUT2D eigenvalue weighted by molar-refractivity contribution is 5.95. The Morgan fingerprint density at radius 3 is 2.50 bits per heavy atom. The molecule has 1 aliphatic rings. The minimum absolute atomic E-state index is 0.128. The number of alkyl halides is 3. The van der Waals surface area contributed by atoms with Crippen molar-refractivity contribution >= 4 is 5.91 Å². The lowest BCUT2D eigenvalue weighted by Gasteiger charge is -2.34. The van der Waals surface area contributed by atoms with Gasteiger partial charge in [-0.15, -0.1) is 0 Å². The van der Waals surface area contributed by atoms with Crippen molar-refractivity contribution in [1.29, 1.82) is 0 Å². The lowest BCUT2D eigenvalue weighted by atomic mass is 10.1. The number of benzene rings is 1. The number of aromatic nitrogens is 2. The number of likely N-dealkylation sites (N-methyl/N-ethyl adjacent to an activating group) is 1. The molecule has 1 saturated heterocycles. The van der Waals surface area contributed by atoms with Crippen LogP contribution in [0, 0.1) is 6.92 Å². The molecule has 1 amide bonds. The molecule has 0 unspecified atom stereocenters. The Balaban J connectivity index is 1.83. The fourth-order valence-electron chi connectivity index (χ4n) is 3.13. The Morgan fingerprint density at radius 1 is 1.19 bits per heavy atom. The quantitative estimate of drug-likeness (QED) is 0.839. The summed E-state index contributed by atoms with van der Waals surface area (Å²) >= 11 is 0. The summed E-state index contributed by atoms with van der Waals surface area (Å²) in [4.78, 5) is 16.8. The number of rotatable bonds is 3. The first-order valence-corrected chi connectivity index (χ1v) is 8.55. The van der Waals surface area contributed by atoms with E-state index in [-0.39, 0.29) is 11.6 Å². The molecule has 8 heteroatoms. The highest BCUT2D eigenvalue weighted by Gasteiger charge is 2.31. The second-order valence-corrected chi connectivity index (χ2v) is 6.33. The topological polar surface area (TPSA) is 41.4 Å². The average Bonchev–Trinajstić information content (AvgIpc) is 3.02. The molecule has 0 saturated carbocycles. The van der Waals surface area contributed by atoms with Gasteiger partial charge in [0.1, 0.15) is 0 Å². The van der Waals surface area contributed by atoms with E-state index in [0.29, 0.717) is 24.3 Å². The standard InChI is InChI=1S/C18H21F3N4O/c1-3-23-7-9-24(10-8-23)17(26)16-12-22-25(13(16)2)15-6-4-5-14(11-15)18(19,20)21/h4-6,11-12H,3,7-10H2,1-2H3. The molecule has 26 heavy (non-hydrogen) atoms. The molecule has 1 aliphatic heterocycles. The van der Waals surface area contributed by atoms with Crippen LogP contribution in [-0.2, 0) is 6.18 Å². The van der Waals surface area contributed by atoms with Crippen molar-refractivity contribution in [3.8, 4) is 5.69 Å². The molecule has 0 spiro atoms. The van der Waals surface area contributed by atoms with Crippen LogP contribution in [0.1, 0.15) is 28.5 Å². The summed E-state index contributed by atoms with van der Waals surface area (Å²) in [6, 6.07) is 4.93. The van der Waals surface area contributed by atoms with Gasteiger partial charge in [0.2, 0.25) is 0 Å². The molecule has 5 nitrogen and oxygen atoms in total. The van der Waals surface area contributed by atoms with Crippen LogP contribution in [0.3, 0.4) is 0 Å². The van der Waals surface area contributed by atoms with Crippen molar-refractivity contribution < 1.29 is 18.0 Å². The second-order valence-electron chi connectivity index (χ2n) is 6.33. The Morgan fingerprint density at radius 2 is 1.88 bits per heavy atom. The van der Waals surface area contributed by atoms with Gasteiger partial charge >= 0.3 is 6.18 Å². The number of carbonyl (C=O) groups is 1. The molecule has 0 aliphatic carbocycles. The van der Waals surface area contributed by atoms with Gasteiger partial charge in [0.05, 0.1) is 28.7 Å². The maximum atomic E-state index is 12.9. The summed E-state index contributed by atoms with van der Waals surface area (Å²) in [5.74, 6) is -0.128. The number of amides is 1. The minimum atomic E-state index is -4.42. The minimum Gasteiger partial charge on any atom is -0.336 e. The Labute approximate surface area is 150 Å². The summed E-state index contributed by atoms with van der Waals surface area (Å²) in [5, 5.41) is 4.15. The molecule has 0 atom stereocenters. The predicted molar refractivity (Wildman–Crippen MR) is 91.3 cm³/mol. The summed E-state index contributed by atoms with van der Waals surface area (Å²) in [6.45, 7) is 7.66. The third kappa shape index (κ3) is 3.60. The van der Waals surface area contributed by atoms with Crippen LogP contribution in [0.15, 0.2) is 30.5 Å². The number of nitrogens with zero attached hydrogens (tertiary/aromatic N) is 4. The highest BCUT2D eigenvalue weighted by atomic mass is 19.4. The molecule has 2 aromatic rings. The lowest BCUT2D eigenvalue weighted by molar-refractivity contribution is -0.137. The van der Waals surface area contributed by atoms with E-state index in [1.165, 1.54) is 16.9 Å². The second kappa shape index (κ2) is 7.11. The smallest absolute Gasteiger partial charge is 0.336 e. The Hall–Kier alpha value is -2.35. The maximum Gasteiger partial charge on any atom is 0.416 e. The van der Waals surface area contributed by atoms with Crippen LogP contribution >= 0.6 is 0 Å². The fraction of sp³-hybridized carbons (Fsp3) is 0.444. The number of hydrogen-bond acceptors (Lipinski definition) is 3. The lowest BCUT2D eigenvalue weighted by Crippen LogP contribution is -2.48.